The summed E-state index contributed by atoms with van der Waals surface area (Å²) in [6.45, 7) is 6.29. The second-order valence-corrected chi connectivity index (χ2v) is 6.88. The van der Waals surface area contributed by atoms with E-state index in [-0.39, 0.29) is 17.9 Å². The van der Waals surface area contributed by atoms with Gasteiger partial charge in [0, 0.05) is 25.4 Å². The molecule has 0 bridgehead atoms. The van der Waals surface area contributed by atoms with E-state index >= 15 is 0 Å². The molecule has 0 aromatic heterocycles. The number of nitrogens with zero attached hydrogens (tertiary/aromatic N) is 1. The van der Waals surface area contributed by atoms with E-state index in [0.29, 0.717) is 19.4 Å². The number of hydrogen-bond donors (Lipinski definition) is 1. The molecular weight excluding hydrogens is 336 g/mol. The van der Waals surface area contributed by atoms with Crippen molar-refractivity contribution in [3.05, 3.63) is 71.8 Å². The van der Waals surface area contributed by atoms with Gasteiger partial charge in [-0.3, -0.25) is 9.59 Å². The normalized spacial score (nSPS) is 12.9. The van der Waals surface area contributed by atoms with Gasteiger partial charge < -0.3 is 10.2 Å². The highest BCUT2D eigenvalue weighted by Gasteiger charge is 2.30. The van der Waals surface area contributed by atoms with Crippen LogP contribution in [0.4, 0.5) is 0 Å². The van der Waals surface area contributed by atoms with Gasteiger partial charge in [0.05, 0.1) is 0 Å². The Hall–Kier alpha value is -2.62. The lowest BCUT2D eigenvalue weighted by Gasteiger charge is -2.32. The Kier molecular flexibility index (Phi) is 8.05. The molecule has 0 radical (unpaired) electrons. The monoisotopic (exact) mass is 366 g/mol. The maximum atomic E-state index is 13.1. The Balaban J connectivity index is 2.32. The molecule has 0 aliphatic rings. The third-order valence-electron chi connectivity index (χ3n) is 4.77. The van der Waals surface area contributed by atoms with Crippen molar-refractivity contribution in [3.8, 4) is 0 Å². The first-order valence-corrected chi connectivity index (χ1v) is 9.72. The molecule has 2 atom stereocenters. The molecule has 2 rings (SSSR count). The third kappa shape index (κ3) is 6.24. The highest BCUT2D eigenvalue weighted by Crippen LogP contribution is 2.16. The second-order valence-electron chi connectivity index (χ2n) is 6.88. The van der Waals surface area contributed by atoms with E-state index in [1.165, 1.54) is 0 Å². The summed E-state index contributed by atoms with van der Waals surface area (Å²) >= 11 is 0. The van der Waals surface area contributed by atoms with E-state index < -0.39 is 6.04 Å². The molecule has 4 nitrogen and oxygen atoms in total. The van der Waals surface area contributed by atoms with E-state index in [9.17, 15) is 9.59 Å². The number of amides is 2. The summed E-state index contributed by atoms with van der Waals surface area (Å²) in [6, 6.07) is 19.3. The number of rotatable bonds is 9. The van der Waals surface area contributed by atoms with Crippen LogP contribution < -0.4 is 5.32 Å². The number of carbonyl (C=O) groups is 2. The van der Waals surface area contributed by atoms with Gasteiger partial charge in [-0.15, -0.1) is 0 Å². The topological polar surface area (TPSA) is 49.4 Å². The Morgan fingerprint density at radius 1 is 0.926 bits per heavy atom. The molecule has 0 fully saturated rings. The molecule has 0 aliphatic carbocycles. The molecule has 2 aromatic carbocycles. The van der Waals surface area contributed by atoms with Gasteiger partial charge in [-0.05, 0) is 24.5 Å². The van der Waals surface area contributed by atoms with Gasteiger partial charge in [-0.25, -0.2) is 0 Å². The quantitative estimate of drug-likeness (QED) is 0.730. The molecule has 2 amide bonds. The van der Waals surface area contributed by atoms with Crippen molar-refractivity contribution in [2.45, 2.75) is 58.7 Å². The molecular formula is C23H30N2O2. The molecule has 1 N–H and O–H groups in total. The summed E-state index contributed by atoms with van der Waals surface area (Å²) < 4.78 is 0. The standard InChI is InChI=1S/C23H30N2O2/c1-4-18(3)24-23(27)21(16-19-12-8-6-9-13-19)25(22(26)5-2)17-20-14-10-7-11-15-20/h6-15,18,21H,4-5,16-17H2,1-3H3,(H,24,27)/t18-,21+/m1/s1. The molecule has 0 unspecified atom stereocenters. The van der Waals surface area contributed by atoms with E-state index in [1.807, 2.05) is 81.4 Å². The number of carbonyl (C=O) groups excluding carboxylic acids is 2. The molecule has 0 aliphatic heterocycles. The van der Waals surface area contributed by atoms with E-state index in [4.69, 9.17) is 0 Å². The van der Waals surface area contributed by atoms with Crippen LogP contribution in [0.15, 0.2) is 60.7 Å². The second kappa shape index (κ2) is 10.5. The minimum Gasteiger partial charge on any atom is -0.352 e. The Morgan fingerprint density at radius 2 is 1.48 bits per heavy atom. The van der Waals surface area contributed by atoms with Gasteiger partial charge >= 0.3 is 0 Å². The summed E-state index contributed by atoms with van der Waals surface area (Å²) in [4.78, 5) is 27.5. The fraction of sp³-hybridized carbons (Fsp3) is 0.391. The van der Waals surface area contributed by atoms with Crippen molar-refractivity contribution in [2.24, 2.45) is 0 Å². The van der Waals surface area contributed by atoms with Gasteiger partial charge in [0.2, 0.25) is 11.8 Å². The van der Waals surface area contributed by atoms with E-state index in [2.05, 4.69) is 5.32 Å². The highest BCUT2D eigenvalue weighted by atomic mass is 16.2. The largest absolute Gasteiger partial charge is 0.352 e. The molecule has 0 spiro atoms. The van der Waals surface area contributed by atoms with Gasteiger partial charge in [0.1, 0.15) is 6.04 Å². The van der Waals surface area contributed by atoms with Crippen LogP contribution in [0, 0.1) is 0 Å². The zero-order valence-electron chi connectivity index (χ0n) is 16.5. The van der Waals surface area contributed by atoms with Gasteiger partial charge in [0.15, 0.2) is 0 Å². The average molecular weight is 367 g/mol. The highest BCUT2D eigenvalue weighted by molar-refractivity contribution is 5.88. The maximum absolute atomic E-state index is 13.1. The summed E-state index contributed by atoms with van der Waals surface area (Å²) in [5.74, 6) is -0.106. The fourth-order valence-corrected chi connectivity index (χ4v) is 2.98. The average Bonchev–Trinajstić information content (AvgIpc) is 2.71. The molecule has 2 aromatic rings. The summed E-state index contributed by atoms with van der Waals surface area (Å²) in [5, 5.41) is 3.06. The fourth-order valence-electron chi connectivity index (χ4n) is 2.98. The first kappa shape index (κ1) is 20.7. The van der Waals surface area contributed by atoms with Crippen LogP contribution in [0.5, 0.6) is 0 Å². The van der Waals surface area contributed by atoms with Crippen LogP contribution in [-0.4, -0.2) is 28.8 Å². The summed E-state index contributed by atoms with van der Waals surface area (Å²) in [5.41, 5.74) is 2.07. The summed E-state index contributed by atoms with van der Waals surface area (Å²) in [7, 11) is 0. The van der Waals surface area contributed by atoms with Gasteiger partial charge in [-0.1, -0.05) is 74.5 Å². The number of nitrogens with one attached hydrogen (secondary N) is 1. The first-order chi connectivity index (χ1) is 13.0. The minimum atomic E-state index is -0.533. The van der Waals surface area contributed by atoms with Crippen molar-refractivity contribution in [3.63, 3.8) is 0 Å². The van der Waals surface area contributed by atoms with Crippen LogP contribution >= 0.6 is 0 Å². The van der Waals surface area contributed by atoms with Crippen molar-refractivity contribution in [2.75, 3.05) is 0 Å². The van der Waals surface area contributed by atoms with Gasteiger partial charge in [-0.2, -0.15) is 0 Å². The van der Waals surface area contributed by atoms with Crippen molar-refractivity contribution in [1.29, 1.82) is 0 Å². The number of hydrogen-bond acceptors (Lipinski definition) is 2. The van der Waals surface area contributed by atoms with E-state index in [0.717, 1.165) is 17.5 Å². The van der Waals surface area contributed by atoms with Crippen LogP contribution in [0.25, 0.3) is 0 Å². The Labute approximate surface area is 162 Å². The van der Waals surface area contributed by atoms with Crippen LogP contribution in [0.2, 0.25) is 0 Å². The Bertz CT molecular complexity index is 716. The Morgan fingerprint density at radius 3 is 2.00 bits per heavy atom. The third-order valence-corrected chi connectivity index (χ3v) is 4.77. The van der Waals surface area contributed by atoms with E-state index in [1.54, 1.807) is 4.90 Å². The molecule has 27 heavy (non-hydrogen) atoms. The summed E-state index contributed by atoms with van der Waals surface area (Å²) in [6.07, 6.45) is 1.72. The molecule has 0 saturated heterocycles. The lowest BCUT2D eigenvalue weighted by atomic mass is 10.0. The zero-order valence-corrected chi connectivity index (χ0v) is 16.5. The van der Waals surface area contributed by atoms with Crippen LogP contribution in [-0.2, 0) is 22.6 Å². The van der Waals surface area contributed by atoms with Gasteiger partial charge in [0.25, 0.3) is 0 Å². The number of benzene rings is 2. The lowest BCUT2D eigenvalue weighted by molar-refractivity contribution is -0.141. The van der Waals surface area contributed by atoms with Crippen LogP contribution in [0.1, 0.15) is 44.7 Å². The van der Waals surface area contributed by atoms with Crippen molar-refractivity contribution in [1.82, 2.24) is 10.2 Å². The minimum absolute atomic E-state index is 0.0147. The molecule has 144 valence electrons. The maximum Gasteiger partial charge on any atom is 0.243 e. The molecule has 4 heteroatoms. The molecule has 0 saturated carbocycles. The molecule has 0 heterocycles. The van der Waals surface area contributed by atoms with Crippen molar-refractivity contribution >= 4 is 11.8 Å². The van der Waals surface area contributed by atoms with Crippen LogP contribution in [0.3, 0.4) is 0 Å². The SMILES string of the molecule is CCC(=O)N(Cc1ccccc1)[C@@H](Cc1ccccc1)C(=O)N[C@H](C)CC. The lowest BCUT2D eigenvalue weighted by Crippen LogP contribution is -2.52. The smallest absolute Gasteiger partial charge is 0.243 e. The first-order valence-electron chi connectivity index (χ1n) is 9.72. The van der Waals surface area contributed by atoms with Crippen molar-refractivity contribution < 1.29 is 9.59 Å². The zero-order chi connectivity index (χ0) is 19.6. The predicted octanol–water partition coefficient (Wildman–Crippen LogP) is 3.95. The predicted molar refractivity (Wildman–Crippen MR) is 109 cm³/mol.